The van der Waals surface area contributed by atoms with Gasteiger partial charge in [-0.1, -0.05) is 61.5 Å². The number of amides is 1. The highest BCUT2D eigenvalue weighted by Crippen LogP contribution is 2.36. The normalized spacial score (nSPS) is 12.4. The van der Waals surface area contributed by atoms with Crippen LogP contribution >= 0.6 is 11.8 Å². The Labute approximate surface area is 169 Å². The molecule has 0 saturated carbocycles. The molecule has 4 nitrogen and oxygen atoms in total. The third-order valence-electron chi connectivity index (χ3n) is 4.74. The second-order valence-electron chi connectivity index (χ2n) is 6.86. The van der Waals surface area contributed by atoms with Crippen LogP contribution in [0.3, 0.4) is 0 Å². The van der Waals surface area contributed by atoms with Crippen LogP contribution in [0.4, 0.5) is 17.1 Å². The highest BCUT2D eigenvalue weighted by atomic mass is 32.2. The number of amidine groups is 1. The van der Waals surface area contributed by atoms with E-state index >= 15 is 0 Å². The summed E-state index contributed by atoms with van der Waals surface area (Å²) in [7, 11) is 0. The van der Waals surface area contributed by atoms with Crippen molar-refractivity contribution in [2.45, 2.75) is 26.2 Å². The Hall–Kier alpha value is -2.79. The van der Waals surface area contributed by atoms with Crippen molar-refractivity contribution >= 4 is 50.7 Å². The molecular weight excluding hydrogens is 366 g/mol. The molecule has 1 aliphatic rings. The van der Waals surface area contributed by atoms with Crippen molar-refractivity contribution in [3.63, 3.8) is 0 Å². The lowest BCUT2D eigenvalue weighted by Gasteiger charge is -2.18. The number of aryl methyl sites for hydroxylation is 1. The number of hydrogen-bond donors (Lipinski definition) is 2. The zero-order chi connectivity index (χ0) is 19.3. The number of benzene rings is 3. The molecule has 0 aliphatic carbocycles. The minimum atomic E-state index is -0.0344. The van der Waals surface area contributed by atoms with Gasteiger partial charge in [0.15, 0.2) is 5.17 Å². The molecule has 0 fully saturated rings. The molecule has 1 heterocycles. The third kappa shape index (κ3) is 4.20. The molecule has 5 heteroatoms. The van der Waals surface area contributed by atoms with Gasteiger partial charge in [0.25, 0.3) is 0 Å². The number of unbranched alkanes of at least 4 members (excludes halogenated alkanes) is 1. The van der Waals surface area contributed by atoms with Crippen molar-refractivity contribution in [3.8, 4) is 0 Å². The molecule has 142 valence electrons. The van der Waals surface area contributed by atoms with Crippen molar-refractivity contribution in [1.29, 1.82) is 0 Å². The van der Waals surface area contributed by atoms with Crippen LogP contribution in [0.25, 0.3) is 10.8 Å². The van der Waals surface area contributed by atoms with Crippen LogP contribution in [-0.4, -0.2) is 16.8 Å². The van der Waals surface area contributed by atoms with Crippen LogP contribution in [0.15, 0.2) is 65.7 Å². The Balaban J connectivity index is 1.36. The fourth-order valence-corrected chi connectivity index (χ4v) is 3.99. The van der Waals surface area contributed by atoms with Crippen molar-refractivity contribution in [2.24, 2.45) is 4.99 Å². The molecule has 28 heavy (non-hydrogen) atoms. The van der Waals surface area contributed by atoms with Crippen LogP contribution in [0.2, 0.25) is 0 Å². The lowest BCUT2D eigenvalue weighted by molar-refractivity contribution is -0.113. The summed E-state index contributed by atoms with van der Waals surface area (Å²) in [5, 5.41) is 9.34. The van der Waals surface area contributed by atoms with E-state index < -0.39 is 0 Å². The minimum Gasteiger partial charge on any atom is -0.334 e. The van der Waals surface area contributed by atoms with Gasteiger partial charge < -0.3 is 10.6 Å². The molecule has 0 bridgehead atoms. The van der Waals surface area contributed by atoms with E-state index in [1.165, 1.54) is 30.2 Å². The summed E-state index contributed by atoms with van der Waals surface area (Å²) in [4.78, 5) is 17.0. The average Bonchev–Trinajstić information content (AvgIpc) is 2.72. The van der Waals surface area contributed by atoms with Gasteiger partial charge in [-0.25, -0.2) is 4.99 Å². The maximum Gasteiger partial charge on any atom is 0.234 e. The predicted molar refractivity (Wildman–Crippen MR) is 121 cm³/mol. The first kappa shape index (κ1) is 18.6. The fraction of sp³-hybridized carbons (Fsp3) is 0.217. The Bertz CT molecular complexity index is 1020. The highest BCUT2D eigenvalue weighted by molar-refractivity contribution is 8.14. The van der Waals surface area contributed by atoms with Gasteiger partial charge in [0.2, 0.25) is 5.91 Å². The largest absolute Gasteiger partial charge is 0.334 e. The van der Waals surface area contributed by atoms with Crippen molar-refractivity contribution in [1.82, 2.24) is 0 Å². The standard InChI is InChI=1S/C23H23N3OS/c1-2-3-6-16-11-13-18(14-12-16)24-21(27)15-28-23-25-19-9-4-7-17-8-5-10-20(26-23)22(17)19/h4-5,7-14H,2-3,6,15H2,1H3,(H,24,27)(H,25,26). The molecule has 1 aliphatic heterocycles. The van der Waals surface area contributed by atoms with Gasteiger partial charge in [0, 0.05) is 11.1 Å². The number of hydrogen-bond acceptors (Lipinski definition) is 4. The van der Waals surface area contributed by atoms with E-state index in [0.29, 0.717) is 5.75 Å². The Morgan fingerprint density at radius 2 is 1.86 bits per heavy atom. The quantitative estimate of drug-likeness (QED) is 0.546. The summed E-state index contributed by atoms with van der Waals surface area (Å²) >= 11 is 1.41. The molecule has 0 atom stereocenters. The smallest absolute Gasteiger partial charge is 0.234 e. The summed E-state index contributed by atoms with van der Waals surface area (Å²) < 4.78 is 0. The SMILES string of the molecule is CCCCc1ccc(NC(=O)CSC2=Nc3cccc4cccc(c34)N2)cc1. The summed E-state index contributed by atoms with van der Waals surface area (Å²) in [5.41, 5.74) is 4.12. The number of carbonyl (C=O) groups excluding carboxylic acids is 1. The van der Waals surface area contributed by atoms with E-state index in [2.05, 4.69) is 46.8 Å². The number of aliphatic imine (C=N–C) groups is 1. The monoisotopic (exact) mass is 389 g/mol. The van der Waals surface area contributed by atoms with Gasteiger partial charge in [-0.05, 0) is 48.1 Å². The first-order chi connectivity index (χ1) is 13.7. The first-order valence-corrected chi connectivity index (χ1v) is 10.6. The maximum atomic E-state index is 12.3. The molecule has 3 aromatic rings. The van der Waals surface area contributed by atoms with Gasteiger partial charge in [-0.15, -0.1) is 0 Å². The second-order valence-corrected chi connectivity index (χ2v) is 7.82. The molecule has 0 unspecified atom stereocenters. The van der Waals surface area contributed by atoms with Crippen LogP contribution in [0.5, 0.6) is 0 Å². The topological polar surface area (TPSA) is 53.5 Å². The van der Waals surface area contributed by atoms with Crippen LogP contribution in [0, 0.1) is 0 Å². The van der Waals surface area contributed by atoms with E-state index in [0.717, 1.165) is 39.4 Å². The fourth-order valence-electron chi connectivity index (χ4n) is 3.31. The lowest BCUT2D eigenvalue weighted by Crippen LogP contribution is -2.18. The van der Waals surface area contributed by atoms with Gasteiger partial charge >= 0.3 is 0 Å². The van der Waals surface area contributed by atoms with Gasteiger partial charge in [-0.3, -0.25) is 4.79 Å². The molecule has 3 aromatic carbocycles. The molecule has 2 N–H and O–H groups in total. The summed E-state index contributed by atoms with van der Waals surface area (Å²) in [6, 6.07) is 20.4. The zero-order valence-electron chi connectivity index (χ0n) is 15.9. The minimum absolute atomic E-state index is 0.0344. The van der Waals surface area contributed by atoms with Gasteiger partial charge in [0.1, 0.15) is 0 Å². The highest BCUT2D eigenvalue weighted by Gasteiger charge is 2.15. The number of anilines is 2. The number of rotatable bonds is 6. The summed E-state index contributed by atoms with van der Waals surface area (Å²) in [6.07, 6.45) is 3.46. The molecule has 0 saturated heterocycles. The molecule has 0 aromatic heterocycles. The number of thioether (sulfide) groups is 1. The van der Waals surface area contributed by atoms with Gasteiger partial charge in [0.05, 0.1) is 17.1 Å². The van der Waals surface area contributed by atoms with Crippen LogP contribution in [0.1, 0.15) is 25.3 Å². The molecule has 0 radical (unpaired) electrons. The van der Waals surface area contributed by atoms with E-state index in [4.69, 9.17) is 0 Å². The van der Waals surface area contributed by atoms with Crippen molar-refractivity contribution in [2.75, 3.05) is 16.4 Å². The Kier molecular flexibility index (Phi) is 5.63. The third-order valence-corrected chi connectivity index (χ3v) is 5.62. The number of nitrogens with one attached hydrogen (secondary N) is 2. The Morgan fingerprint density at radius 1 is 1.07 bits per heavy atom. The molecular formula is C23H23N3OS. The summed E-state index contributed by atoms with van der Waals surface area (Å²) in [6.45, 7) is 2.19. The first-order valence-electron chi connectivity index (χ1n) is 9.62. The lowest BCUT2D eigenvalue weighted by atomic mass is 10.1. The van der Waals surface area contributed by atoms with E-state index in [9.17, 15) is 4.79 Å². The summed E-state index contributed by atoms with van der Waals surface area (Å²) in [5.74, 6) is 0.273. The number of carbonyl (C=O) groups is 1. The van der Waals surface area contributed by atoms with E-state index in [1.807, 2.05) is 36.4 Å². The van der Waals surface area contributed by atoms with E-state index in [-0.39, 0.29) is 5.91 Å². The van der Waals surface area contributed by atoms with E-state index in [1.54, 1.807) is 0 Å². The maximum absolute atomic E-state index is 12.3. The molecule has 1 amide bonds. The van der Waals surface area contributed by atoms with Crippen LogP contribution < -0.4 is 10.6 Å². The predicted octanol–water partition coefficient (Wildman–Crippen LogP) is 5.97. The van der Waals surface area contributed by atoms with Crippen LogP contribution in [-0.2, 0) is 11.2 Å². The Morgan fingerprint density at radius 3 is 2.64 bits per heavy atom. The molecule has 4 rings (SSSR count). The zero-order valence-corrected chi connectivity index (χ0v) is 16.7. The average molecular weight is 390 g/mol. The van der Waals surface area contributed by atoms with Crippen molar-refractivity contribution in [3.05, 3.63) is 66.2 Å². The number of nitrogens with zero attached hydrogens (tertiary/aromatic N) is 1. The van der Waals surface area contributed by atoms with Crippen molar-refractivity contribution < 1.29 is 4.79 Å². The van der Waals surface area contributed by atoms with Gasteiger partial charge in [-0.2, -0.15) is 0 Å². The second kappa shape index (κ2) is 8.48. The molecule has 0 spiro atoms.